The summed E-state index contributed by atoms with van der Waals surface area (Å²) in [5.74, 6) is -0.0333. The van der Waals surface area contributed by atoms with Gasteiger partial charge in [-0.15, -0.1) is 11.6 Å². The molecule has 1 aromatic carbocycles. The molecule has 0 atom stereocenters. The number of amides is 2. The summed E-state index contributed by atoms with van der Waals surface area (Å²) in [6.45, 7) is 1.25. The van der Waals surface area contributed by atoms with Crippen LogP contribution in [-0.4, -0.2) is 24.2 Å². The van der Waals surface area contributed by atoms with Crippen LogP contribution in [0.1, 0.15) is 18.4 Å². The lowest BCUT2D eigenvalue weighted by Crippen LogP contribution is -2.24. The van der Waals surface area contributed by atoms with E-state index in [9.17, 15) is 9.59 Å². The predicted octanol–water partition coefficient (Wildman–Crippen LogP) is 1.67. The van der Waals surface area contributed by atoms with E-state index < -0.39 is 0 Å². The Balaban J connectivity index is 1.97. The zero-order chi connectivity index (χ0) is 13.0. The van der Waals surface area contributed by atoms with Crippen molar-refractivity contribution in [2.75, 3.05) is 17.3 Å². The summed E-state index contributed by atoms with van der Waals surface area (Å²) in [5.41, 5.74) is 1.91. The highest BCUT2D eigenvalue weighted by molar-refractivity contribution is 6.27. The number of carbonyl (C=O) groups excluding carboxylic acids is 2. The van der Waals surface area contributed by atoms with E-state index in [0.29, 0.717) is 13.0 Å². The van der Waals surface area contributed by atoms with Gasteiger partial charge in [0.1, 0.15) is 5.88 Å². The molecule has 0 aliphatic carbocycles. The van der Waals surface area contributed by atoms with Crippen molar-refractivity contribution in [2.45, 2.75) is 19.4 Å². The topological polar surface area (TPSA) is 49.4 Å². The standard InChI is InChI=1S/C13H15ClN2O2/c14-8-12(17)15-9-10-3-5-11(6-4-10)16-7-1-2-13(16)18/h3-6H,1-2,7-9H2,(H,15,17). The van der Waals surface area contributed by atoms with E-state index in [1.165, 1.54) is 0 Å². The first-order valence-corrected chi connectivity index (χ1v) is 6.46. The molecular weight excluding hydrogens is 252 g/mol. The molecule has 2 rings (SSSR count). The maximum absolute atomic E-state index is 11.6. The SMILES string of the molecule is O=C(CCl)NCc1ccc(N2CCCC2=O)cc1. The number of hydrogen-bond donors (Lipinski definition) is 1. The Morgan fingerprint density at radius 1 is 1.33 bits per heavy atom. The summed E-state index contributed by atoms with van der Waals surface area (Å²) in [4.78, 5) is 24.4. The smallest absolute Gasteiger partial charge is 0.235 e. The Morgan fingerprint density at radius 3 is 2.61 bits per heavy atom. The number of halogens is 1. The number of carbonyl (C=O) groups is 2. The number of alkyl halides is 1. The first kappa shape index (κ1) is 12.9. The number of nitrogens with one attached hydrogen (secondary N) is 1. The zero-order valence-electron chi connectivity index (χ0n) is 9.99. The number of anilines is 1. The summed E-state index contributed by atoms with van der Waals surface area (Å²) >= 11 is 5.39. The van der Waals surface area contributed by atoms with E-state index in [1.54, 1.807) is 4.90 Å². The van der Waals surface area contributed by atoms with Crippen LogP contribution in [0.3, 0.4) is 0 Å². The van der Waals surface area contributed by atoms with Gasteiger partial charge in [0, 0.05) is 25.2 Å². The maximum Gasteiger partial charge on any atom is 0.235 e. The fourth-order valence-electron chi connectivity index (χ4n) is 1.96. The van der Waals surface area contributed by atoms with Gasteiger partial charge < -0.3 is 10.2 Å². The number of rotatable bonds is 4. The minimum absolute atomic E-state index is 0.0274. The third kappa shape index (κ3) is 3.01. The lowest BCUT2D eigenvalue weighted by molar-refractivity contribution is -0.119. The van der Waals surface area contributed by atoms with Crippen molar-refractivity contribution in [3.05, 3.63) is 29.8 Å². The van der Waals surface area contributed by atoms with Crippen molar-refractivity contribution >= 4 is 29.1 Å². The molecule has 1 heterocycles. The van der Waals surface area contributed by atoms with Crippen molar-refractivity contribution < 1.29 is 9.59 Å². The first-order valence-electron chi connectivity index (χ1n) is 5.92. The second kappa shape index (κ2) is 5.87. The molecule has 4 nitrogen and oxygen atoms in total. The van der Waals surface area contributed by atoms with Crippen LogP contribution in [0, 0.1) is 0 Å². The van der Waals surface area contributed by atoms with Crippen molar-refractivity contribution in [2.24, 2.45) is 0 Å². The molecule has 1 aliphatic heterocycles. The molecule has 1 N–H and O–H groups in total. The van der Waals surface area contributed by atoms with Crippen LogP contribution >= 0.6 is 11.6 Å². The monoisotopic (exact) mass is 266 g/mol. The van der Waals surface area contributed by atoms with Crippen LogP contribution < -0.4 is 10.2 Å². The zero-order valence-corrected chi connectivity index (χ0v) is 10.7. The molecule has 0 saturated carbocycles. The van der Waals surface area contributed by atoms with Crippen LogP contribution in [0.2, 0.25) is 0 Å². The molecule has 5 heteroatoms. The van der Waals surface area contributed by atoms with Crippen LogP contribution in [0.4, 0.5) is 5.69 Å². The van der Waals surface area contributed by atoms with Crippen LogP contribution in [-0.2, 0) is 16.1 Å². The number of nitrogens with zero attached hydrogens (tertiary/aromatic N) is 1. The lowest BCUT2D eigenvalue weighted by Gasteiger charge is -2.15. The molecule has 0 bridgehead atoms. The van der Waals surface area contributed by atoms with E-state index in [4.69, 9.17) is 11.6 Å². The minimum atomic E-state index is -0.185. The van der Waals surface area contributed by atoms with Gasteiger partial charge in [-0.3, -0.25) is 9.59 Å². The quantitative estimate of drug-likeness (QED) is 0.843. The fraction of sp³-hybridized carbons (Fsp3) is 0.385. The third-order valence-electron chi connectivity index (χ3n) is 2.93. The Morgan fingerprint density at radius 2 is 2.06 bits per heavy atom. The molecule has 0 spiro atoms. The summed E-state index contributed by atoms with van der Waals surface area (Å²) in [5, 5.41) is 2.69. The van der Waals surface area contributed by atoms with E-state index in [0.717, 1.165) is 24.2 Å². The van der Waals surface area contributed by atoms with Gasteiger partial charge in [-0.2, -0.15) is 0 Å². The van der Waals surface area contributed by atoms with Crippen molar-refractivity contribution in [3.8, 4) is 0 Å². The molecule has 1 aliphatic rings. The summed E-state index contributed by atoms with van der Waals surface area (Å²) < 4.78 is 0. The average molecular weight is 267 g/mol. The predicted molar refractivity (Wildman–Crippen MR) is 70.6 cm³/mol. The van der Waals surface area contributed by atoms with Gasteiger partial charge in [0.15, 0.2) is 0 Å². The summed E-state index contributed by atoms with van der Waals surface area (Å²) in [6.07, 6.45) is 1.56. The molecule has 1 saturated heterocycles. The van der Waals surface area contributed by atoms with E-state index >= 15 is 0 Å². The molecule has 0 radical (unpaired) electrons. The van der Waals surface area contributed by atoms with Gasteiger partial charge in [-0.25, -0.2) is 0 Å². The first-order chi connectivity index (χ1) is 8.70. The van der Waals surface area contributed by atoms with Gasteiger partial charge in [0.25, 0.3) is 0 Å². The molecular formula is C13H15ClN2O2. The van der Waals surface area contributed by atoms with Gasteiger partial charge in [0.05, 0.1) is 0 Å². The Bertz CT molecular complexity index is 445. The minimum Gasteiger partial charge on any atom is -0.351 e. The average Bonchev–Trinajstić information content (AvgIpc) is 2.83. The normalized spacial score (nSPS) is 14.9. The second-order valence-corrected chi connectivity index (χ2v) is 4.49. The van der Waals surface area contributed by atoms with Gasteiger partial charge in [-0.1, -0.05) is 12.1 Å². The van der Waals surface area contributed by atoms with Crippen LogP contribution in [0.5, 0.6) is 0 Å². The van der Waals surface area contributed by atoms with Crippen molar-refractivity contribution in [3.63, 3.8) is 0 Å². The van der Waals surface area contributed by atoms with Gasteiger partial charge in [0.2, 0.25) is 11.8 Å². The molecule has 0 aromatic heterocycles. The van der Waals surface area contributed by atoms with Crippen LogP contribution in [0.15, 0.2) is 24.3 Å². The third-order valence-corrected chi connectivity index (χ3v) is 3.18. The van der Waals surface area contributed by atoms with Gasteiger partial charge >= 0.3 is 0 Å². The highest BCUT2D eigenvalue weighted by Gasteiger charge is 2.21. The fourth-order valence-corrected chi connectivity index (χ4v) is 2.06. The van der Waals surface area contributed by atoms with Gasteiger partial charge in [-0.05, 0) is 24.1 Å². The number of hydrogen-bond acceptors (Lipinski definition) is 2. The van der Waals surface area contributed by atoms with Crippen LogP contribution in [0.25, 0.3) is 0 Å². The molecule has 96 valence electrons. The molecule has 2 amide bonds. The Hall–Kier alpha value is -1.55. The van der Waals surface area contributed by atoms with E-state index in [-0.39, 0.29) is 17.7 Å². The second-order valence-electron chi connectivity index (χ2n) is 4.23. The summed E-state index contributed by atoms with van der Waals surface area (Å²) in [7, 11) is 0. The number of benzene rings is 1. The Labute approximate surface area is 111 Å². The highest BCUT2D eigenvalue weighted by Crippen LogP contribution is 2.21. The van der Waals surface area contributed by atoms with E-state index in [1.807, 2.05) is 24.3 Å². The molecule has 0 unspecified atom stereocenters. The lowest BCUT2D eigenvalue weighted by atomic mass is 10.2. The molecule has 1 aromatic rings. The van der Waals surface area contributed by atoms with Crippen molar-refractivity contribution in [1.82, 2.24) is 5.32 Å². The highest BCUT2D eigenvalue weighted by atomic mass is 35.5. The molecule has 1 fully saturated rings. The molecule has 18 heavy (non-hydrogen) atoms. The maximum atomic E-state index is 11.6. The van der Waals surface area contributed by atoms with E-state index in [2.05, 4.69) is 5.32 Å². The van der Waals surface area contributed by atoms with Crippen molar-refractivity contribution in [1.29, 1.82) is 0 Å². The Kier molecular flexibility index (Phi) is 4.20. The largest absolute Gasteiger partial charge is 0.351 e. The summed E-state index contributed by atoms with van der Waals surface area (Å²) in [6, 6.07) is 7.64.